The third-order valence-corrected chi connectivity index (χ3v) is 4.01. The van der Waals surface area contributed by atoms with Crippen molar-refractivity contribution in [3.63, 3.8) is 0 Å². The van der Waals surface area contributed by atoms with Gasteiger partial charge in [-0.2, -0.15) is 13.2 Å². The van der Waals surface area contributed by atoms with E-state index in [1.807, 2.05) is 9.80 Å². The average Bonchev–Trinajstić information content (AvgIpc) is 2.80. The van der Waals surface area contributed by atoms with Crippen LogP contribution in [0.25, 0.3) is 0 Å². The fourth-order valence-corrected chi connectivity index (χ4v) is 2.84. The van der Waals surface area contributed by atoms with E-state index in [1.165, 1.54) is 0 Å². The van der Waals surface area contributed by atoms with Crippen molar-refractivity contribution in [2.45, 2.75) is 19.5 Å². The Kier molecular flexibility index (Phi) is 4.53. The van der Waals surface area contributed by atoms with Gasteiger partial charge < -0.3 is 14.2 Å². The predicted octanol–water partition coefficient (Wildman–Crippen LogP) is 3.16. The van der Waals surface area contributed by atoms with Crippen LogP contribution in [0, 0.1) is 6.92 Å². The van der Waals surface area contributed by atoms with Gasteiger partial charge in [0.05, 0.1) is 10.6 Å². The molecular weight excluding hydrogens is 347 g/mol. The lowest BCUT2D eigenvalue weighted by Crippen LogP contribution is -2.31. The van der Waals surface area contributed by atoms with E-state index in [2.05, 4.69) is 15.2 Å². The molecule has 0 saturated carbocycles. The summed E-state index contributed by atoms with van der Waals surface area (Å²) in [7, 11) is 0. The smallest absolute Gasteiger partial charge is 0.408 e. The molecule has 1 fully saturated rings. The van der Waals surface area contributed by atoms with Crippen LogP contribution < -0.4 is 9.80 Å². The van der Waals surface area contributed by atoms with Crippen LogP contribution in [-0.4, -0.2) is 41.4 Å². The summed E-state index contributed by atoms with van der Waals surface area (Å²) in [6.07, 6.45) is -2.88. The second-order valence-corrected chi connectivity index (χ2v) is 5.87. The van der Waals surface area contributed by atoms with E-state index in [0.29, 0.717) is 43.9 Å². The molecule has 0 N–H and O–H groups in total. The first-order chi connectivity index (χ1) is 11.3. The van der Waals surface area contributed by atoms with Crippen LogP contribution in [0.5, 0.6) is 0 Å². The first-order valence-electron chi connectivity index (χ1n) is 7.37. The molecule has 0 atom stereocenters. The lowest BCUT2D eigenvalue weighted by molar-refractivity contribution is -0.137. The molecule has 0 aliphatic carbocycles. The minimum Gasteiger partial charge on any atom is -0.408 e. The zero-order valence-corrected chi connectivity index (χ0v) is 13.6. The van der Waals surface area contributed by atoms with E-state index in [1.54, 1.807) is 6.92 Å². The van der Waals surface area contributed by atoms with Crippen molar-refractivity contribution in [3.05, 3.63) is 28.7 Å². The van der Waals surface area contributed by atoms with Gasteiger partial charge in [-0.05, 0) is 12.5 Å². The summed E-state index contributed by atoms with van der Waals surface area (Å²) in [5.41, 5.74) is -0.853. The molecule has 0 bridgehead atoms. The van der Waals surface area contributed by atoms with Crippen LogP contribution in [0.15, 0.2) is 16.7 Å². The molecule has 3 heterocycles. The second-order valence-electron chi connectivity index (χ2n) is 5.46. The predicted molar refractivity (Wildman–Crippen MR) is 82.3 cm³/mol. The first kappa shape index (κ1) is 16.8. The number of alkyl halides is 3. The van der Waals surface area contributed by atoms with Gasteiger partial charge in [-0.15, -0.1) is 5.10 Å². The summed E-state index contributed by atoms with van der Waals surface area (Å²) in [6, 6.07) is 1.36. The third-order valence-electron chi connectivity index (χ3n) is 3.73. The number of aromatic nitrogens is 3. The molecule has 0 spiro atoms. The van der Waals surface area contributed by atoms with Gasteiger partial charge in [0.2, 0.25) is 5.89 Å². The van der Waals surface area contributed by atoms with Crippen LogP contribution in [0.1, 0.15) is 17.9 Å². The summed E-state index contributed by atoms with van der Waals surface area (Å²) in [5.74, 6) is 0.840. The number of rotatable bonds is 2. The summed E-state index contributed by atoms with van der Waals surface area (Å²) in [4.78, 5) is 7.73. The van der Waals surface area contributed by atoms with Gasteiger partial charge in [0, 0.05) is 39.3 Å². The lowest BCUT2D eigenvalue weighted by Gasteiger charge is -2.23. The number of halogens is 4. The highest BCUT2D eigenvalue weighted by Crippen LogP contribution is 2.33. The van der Waals surface area contributed by atoms with Crippen molar-refractivity contribution >= 4 is 23.4 Å². The molecule has 1 aliphatic rings. The van der Waals surface area contributed by atoms with Crippen LogP contribution in [-0.2, 0) is 6.18 Å². The molecule has 2 aromatic rings. The number of aryl methyl sites for hydroxylation is 1. The summed E-state index contributed by atoms with van der Waals surface area (Å²) >= 11 is 6.02. The molecule has 1 saturated heterocycles. The Bertz CT molecular complexity index is 721. The molecule has 130 valence electrons. The summed E-state index contributed by atoms with van der Waals surface area (Å²) < 4.78 is 43.5. The second kappa shape index (κ2) is 6.46. The molecule has 10 heteroatoms. The Balaban J connectivity index is 1.74. The zero-order chi connectivity index (χ0) is 17.3. The lowest BCUT2D eigenvalue weighted by atomic mass is 10.2. The van der Waals surface area contributed by atoms with Gasteiger partial charge in [-0.25, -0.2) is 4.98 Å². The molecule has 6 nitrogen and oxygen atoms in total. The fourth-order valence-electron chi connectivity index (χ4n) is 2.55. The van der Waals surface area contributed by atoms with Gasteiger partial charge >= 0.3 is 12.2 Å². The highest BCUT2D eigenvalue weighted by atomic mass is 35.5. The van der Waals surface area contributed by atoms with Crippen LogP contribution in [0.2, 0.25) is 5.02 Å². The van der Waals surface area contributed by atoms with Gasteiger partial charge in [0.15, 0.2) is 0 Å². The quantitative estimate of drug-likeness (QED) is 0.819. The maximum atomic E-state index is 12.7. The number of pyridine rings is 1. The number of anilines is 2. The SMILES string of the molecule is Cc1nnc(N2CCCN(c3ncc(C(F)(F)F)cc3Cl)CC2)o1. The van der Waals surface area contributed by atoms with Crippen molar-refractivity contribution in [3.8, 4) is 0 Å². The Labute approximate surface area is 141 Å². The number of hydrogen-bond acceptors (Lipinski definition) is 6. The Morgan fingerprint density at radius 3 is 2.46 bits per heavy atom. The van der Waals surface area contributed by atoms with Crippen molar-refractivity contribution in [1.82, 2.24) is 15.2 Å². The third kappa shape index (κ3) is 3.55. The Morgan fingerprint density at radius 1 is 1.12 bits per heavy atom. The minimum absolute atomic E-state index is 0.00749. The van der Waals surface area contributed by atoms with Crippen molar-refractivity contribution in [2.75, 3.05) is 36.0 Å². The van der Waals surface area contributed by atoms with E-state index in [0.717, 1.165) is 18.7 Å². The maximum absolute atomic E-state index is 12.7. The zero-order valence-electron chi connectivity index (χ0n) is 12.8. The topological polar surface area (TPSA) is 58.3 Å². The van der Waals surface area contributed by atoms with E-state index in [4.69, 9.17) is 16.0 Å². The monoisotopic (exact) mass is 361 g/mol. The van der Waals surface area contributed by atoms with Crippen LogP contribution >= 0.6 is 11.6 Å². The average molecular weight is 362 g/mol. The van der Waals surface area contributed by atoms with Gasteiger partial charge in [-0.1, -0.05) is 16.7 Å². The Morgan fingerprint density at radius 2 is 1.83 bits per heavy atom. The summed E-state index contributed by atoms with van der Waals surface area (Å²) in [5, 5.41) is 7.79. The number of hydrogen-bond donors (Lipinski definition) is 0. The summed E-state index contributed by atoms with van der Waals surface area (Å²) in [6.45, 7) is 4.17. The molecule has 24 heavy (non-hydrogen) atoms. The van der Waals surface area contributed by atoms with Crippen molar-refractivity contribution in [1.29, 1.82) is 0 Å². The first-order valence-corrected chi connectivity index (χ1v) is 7.75. The van der Waals surface area contributed by atoms with Crippen molar-refractivity contribution in [2.24, 2.45) is 0 Å². The van der Waals surface area contributed by atoms with E-state index >= 15 is 0 Å². The van der Waals surface area contributed by atoms with Crippen LogP contribution in [0.3, 0.4) is 0 Å². The molecular formula is C14H15ClF3N5O. The molecule has 3 rings (SSSR count). The van der Waals surface area contributed by atoms with Crippen LogP contribution in [0.4, 0.5) is 25.0 Å². The number of nitrogens with zero attached hydrogens (tertiary/aromatic N) is 5. The van der Waals surface area contributed by atoms with Crippen molar-refractivity contribution < 1.29 is 17.6 Å². The highest BCUT2D eigenvalue weighted by Gasteiger charge is 2.32. The maximum Gasteiger partial charge on any atom is 0.417 e. The fraction of sp³-hybridized carbons (Fsp3) is 0.500. The van der Waals surface area contributed by atoms with Gasteiger partial charge in [0.1, 0.15) is 5.82 Å². The Hall–Kier alpha value is -2.03. The van der Waals surface area contributed by atoms with E-state index < -0.39 is 11.7 Å². The molecule has 0 unspecified atom stereocenters. The van der Waals surface area contributed by atoms with E-state index in [9.17, 15) is 13.2 Å². The molecule has 0 radical (unpaired) electrons. The molecule has 1 aliphatic heterocycles. The highest BCUT2D eigenvalue weighted by molar-refractivity contribution is 6.33. The minimum atomic E-state index is -4.46. The standard InChI is InChI=1S/C14H15ClF3N5O/c1-9-20-21-13(24-9)23-4-2-3-22(5-6-23)12-11(15)7-10(8-19-12)14(16,17)18/h7-8H,2-6H2,1H3. The largest absolute Gasteiger partial charge is 0.417 e. The van der Waals surface area contributed by atoms with E-state index in [-0.39, 0.29) is 5.02 Å². The normalized spacial score (nSPS) is 16.4. The molecule has 2 aromatic heterocycles. The van der Waals surface area contributed by atoms with Gasteiger partial charge in [0.25, 0.3) is 0 Å². The van der Waals surface area contributed by atoms with Gasteiger partial charge in [-0.3, -0.25) is 0 Å². The molecule has 0 aromatic carbocycles. The molecule has 0 amide bonds.